The summed E-state index contributed by atoms with van der Waals surface area (Å²) in [6.07, 6.45) is 1.75. The molecule has 0 saturated carbocycles. The minimum Gasteiger partial charge on any atom is -0.330 e. The molecular formula is C12H16N2. The Bertz CT molecular complexity index is 353. The smallest absolute Gasteiger partial charge is 0.124 e. The van der Waals surface area contributed by atoms with Gasteiger partial charge in [-0.1, -0.05) is 24.8 Å². The van der Waals surface area contributed by atoms with E-state index in [2.05, 4.69) is 30.6 Å². The van der Waals surface area contributed by atoms with E-state index in [1.807, 2.05) is 31.0 Å². The fourth-order valence-corrected chi connectivity index (χ4v) is 1.31. The molecule has 1 aromatic rings. The van der Waals surface area contributed by atoms with E-state index in [1.165, 1.54) is 5.56 Å². The first-order chi connectivity index (χ1) is 6.66. The number of anilines is 1. The van der Waals surface area contributed by atoms with E-state index < -0.39 is 0 Å². The van der Waals surface area contributed by atoms with E-state index in [9.17, 15) is 0 Å². The zero-order valence-corrected chi connectivity index (χ0v) is 8.99. The summed E-state index contributed by atoms with van der Waals surface area (Å²) in [5.41, 5.74) is 2.37. The summed E-state index contributed by atoms with van der Waals surface area (Å²) in [4.78, 5) is 6.13. The fraction of sp³-hybridized carbons (Fsp3) is 0.250. The van der Waals surface area contributed by atoms with Gasteiger partial charge in [0, 0.05) is 18.9 Å². The summed E-state index contributed by atoms with van der Waals surface area (Å²) in [6, 6.07) is 8.18. The summed E-state index contributed by atoms with van der Waals surface area (Å²) in [5.74, 6) is 0.752. The zero-order chi connectivity index (χ0) is 10.6. The first-order valence-corrected chi connectivity index (χ1v) is 4.63. The van der Waals surface area contributed by atoms with Crippen LogP contribution in [0.1, 0.15) is 12.5 Å². The average Bonchev–Trinajstić information content (AvgIpc) is 2.18. The number of rotatable bonds is 3. The molecule has 0 aliphatic heterocycles. The number of aryl methyl sites for hydroxylation is 1. The van der Waals surface area contributed by atoms with Gasteiger partial charge >= 0.3 is 0 Å². The van der Waals surface area contributed by atoms with E-state index >= 15 is 0 Å². The highest BCUT2D eigenvalue weighted by molar-refractivity contribution is 5.60. The molecule has 0 saturated heterocycles. The van der Waals surface area contributed by atoms with Crippen molar-refractivity contribution in [3.63, 3.8) is 0 Å². The van der Waals surface area contributed by atoms with Crippen molar-refractivity contribution < 1.29 is 0 Å². The topological polar surface area (TPSA) is 15.6 Å². The van der Waals surface area contributed by atoms with Crippen molar-refractivity contribution in [3.8, 4) is 0 Å². The largest absolute Gasteiger partial charge is 0.330 e. The molecule has 1 aromatic carbocycles. The molecule has 0 unspecified atom stereocenters. The highest BCUT2D eigenvalue weighted by atomic mass is 15.2. The lowest BCUT2D eigenvalue weighted by molar-refractivity contribution is 1.06. The molecule has 0 heterocycles. The second kappa shape index (κ2) is 4.61. The van der Waals surface area contributed by atoms with Gasteiger partial charge in [-0.3, -0.25) is 0 Å². The number of hydrogen-bond donors (Lipinski definition) is 0. The van der Waals surface area contributed by atoms with Crippen LogP contribution in [-0.4, -0.2) is 13.3 Å². The minimum atomic E-state index is 0.752. The lowest BCUT2D eigenvalue weighted by Crippen LogP contribution is -2.15. The van der Waals surface area contributed by atoms with E-state index in [4.69, 9.17) is 0 Å². The van der Waals surface area contributed by atoms with Gasteiger partial charge < -0.3 is 4.90 Å². The lowest BCUT2D eigenvalue weighted by atomic mass is 10.2. The Morgan fingerprint density at radius 1 is 1.43 bits per heavy atom. The van der Waals surface area contributed by atoms with Gasteiger partial charge in [-0.05, 0) is 25.5 Å². The molecule has 74 valence electrons. The summed E-state index contributed by atoms with van der Waals surface area (Å²) in [6.45, 7) is 7.85. The number of para-hydroxylation sites is 1. The Morgan fingerprint density at radius 2 is 2.07 bits per heavy atom. The number of hydrogen-bond acceptors (Lipinski definition) is 2. The van der Waals surface area contributed by atoms with Crippen molar-refractivity contribution in [2.45, 2.75) is 13.8 Å². The van der Waals surface area contributed by atoms with Gasteiger partial charge in [-0.15, -0.1) is 0 Å². The standard InChI is InChI=1S/C12H16N2/c1-5-13-11(3)14(4)12-9-7-6-8-10(12)2/h5-9H,3H2,1-2,4H3/b13-5-. The maximum Gasteiger partial charge on any atom is 0.124 e. The SMILES string of the molecule is C=C(/N=C\C)N(C)c1ccccc1C. The molecule has 0 atom stereocenters. The minimum absolute atomic E-state index is 0.752. The molecule has 2 nitrogen and oxygen atoms in total. The van der Waals surface area contributed by atoms with Crippen molar-refractivity contribution in [3.05, 3.63) is 42.2 Å². The molecule has 0 aromatic heterocycles. The maximum absolute atomic E-state index is 4.15. The van der Waals surface area contributed by atoms with Gasteiger partial charge in [-0.25, -0.2) is 4.99 Å². The monoisotopic (exact) mass is 188 g/mol. The van der Waals surface area contributed by atoms with Gasteiger partial charge in [0.1, 0.15) is 5.82 Å². The normalized spacial score (nSPS) is 10.5. The molecule has 0 N–H and O–H groups in total. The van der Waals surface area contributed by atoms with Crippen LogP contribution in [0.15, 0.2) is 41.7 Å². The lowest BCUT2D eigenvalue weighted by Gasteiger charge is -2.20. The Balaban J connectivity index is 2.95. The van der Waals surface area contributed by atoms with E-state index in [-0.39, 0.29) is 0 Å². The van der Waals surface area contributed by atoms with Crippen LogP contribution in [0, 0.1) is 6.92 Å². The maximum atomic E-state index is 4.15. The second-order valence-electron chi connectivity index (χ2n) is 3.15. The van der Waals surface area contributed by atoms with Crippen molar-refractivity contribution in [2.24, 2.45) is 4.99 Å². The van der Waals surface area contributed by atoms with Crippen LogP contribution in [0.25, 0.3) is 0 Å². The van der Waals surface area contributed by atoms with Gasteiger partial charge in [0.05, 0.1) is 0 Å². The highest BCUT2D eigenvalue weighted by Gasteiger charge is 2.04. The van der Waals surface area contributed by atoms with Crippen LogP contribution in [0.4, 0.5) is 5.69 Å². The molecule has 0 bridgehead atoms. The summed E-state index contributed by atoms with van der Waals surface area (Å²) >= 11 is 0. The summed E-state index contributed by atoms with van der Waals surface area (Å²) < 4.78 is 0. The van der Waals surface area contributed by atoms with E-state index in [1.54, 1.807) is 6.21 Å². The molecule has 0 aliphatic rings. The van der Waals surface area contributed by atoms with Crippen LogP contribution in [0.2, 0.25) is 0 Å². The third-order valence-corrected chi connectivity index (χ3v) is 2.14. The van der Waals surface area contributed by atoms with Crippen LogP contribution in [0.3, 0.4) is 0 Å². The molecule has 1 rings (SSSR count). The molecule has 0 spiro atoms. The average molecular weight is 188 g/mol. The molecule has 0 amide bonds. The van der Waals surface area contributed by atoms with Crippen molar-refractivity contribution >= 4 is 11.9 Å². The third-order valence-electron chi connectivity index (χ3n) is 2.14. The zero-order valence-electron chi connectivity index (χ0n) is 8.99. The van der Waals surface area contributed by atoms with Gasteiger partial charge in [-0.2, -0.15) is 0 Å². The first kappa shape index (κ1) is 10.5. The number of nitrogens with zero attached hydrogens (tertiary/aromatic N) is 2. The van der Waals surface area contributed by atoms with Crippen LogP contribution < -0.4 is 4.90 Å². The molecular weight excluding hydrogens is 172 g/mol. The number of benzene rings is 1. The van der Waals surface area contributed by atoms with Crippen molar-refractivity contribution in [2.75, 3.05) is 11.9 Å². The van der Waals surface area contributed by atoms with Crippen LogP contribution in [-0.2, 0) is 0 Å². The predicted molar refractivity (Wildman–Crippen MR) is 62.9 cm³/mol. The quantitative estimate of drug-likeness (QED) is 0.666. The Hall–Kier alpha value is -1.57. The second-order valence-corrected chi connectivity index (χ2v) is 3.15. The third kappa shape index (κ3) is 2.22. The van der Waals surface area contributed by atoms with E-state index in [0.717, 1.165) is 11.5 Å². The van der Waals surface area contributed by atoms with Crippen LogP contribution in [0.5, 0.6) is 0 Å². The summed E-state index contributed by atoms with van der Waals surface area (Å²) in [5, 5.41) is 0. The Kier molecular flexibility index (Phi) is 3.46. The Morgan fingerprint density at radius 3 is 2.64 bits per heavy atom. The molecule has 0 fully saturated rings. The van der Waals surface area contributed by atoms with Crippen molar-refractivity contribution in [1.29, 1.82) is 0 Å². The fourth-order valence-electron chi connectivity index (χ4n) is 1.31. The molecule has 14 heavy (non-hydrogen) atoms. The predicted octanol–water partition coefficient (Wildman–Crippen LogP) is 2.99. The van der Waals surface area contributed by atoms with Gasteiger partial charge in [0.15, 0.2) is 0 Å². The molecule has 2 heteroatoms. The Labute approximate surface area is 85.6 Å². The van der Waals surface area contributed by atoms with Crippen molar-refractivity contribution in [1.82, 2.24) is 0 Å². The van der Waals surface area contributed by atoms with Crippen LogP contribution >= 0.6 is 0 Å². The van der Waals surface area contributed by atoms with E-state index in [0.29, 0.717) is 0 Å². The molecule has 0 radical (unpaired) electrons. The first-order valence-electron chi connectivity index (χ1n) is 4.63. The number of aliphatic imine (C=N–C) groups is 1. The van der Waals surface area contributed by atoms with Gasteiger partial charge in [0.2, 0.25) is 0 Å². The summed E-state index contributed by atoms with van der Waals surface area (Å²) in [7, 11) is 1.97. The molecule has 0 aliphatic carbocycles. The highest BCUT2D eigenvalue weighted by Crippen LogP contribution is 2.20. The van der Waals surface area contributed by atoms with Gasteiger partial charge in [0.25, 0.3) is 0 Å².